The summed E-state index contributed by atoms with van der Waals surface area (Å²) in [6.07, 6.45) is 4.78. The molecule has 2 N–H and O–H groups in total. The third-order valence-corrected chi connectivity index (χ3v) is 4.22. The zero-order chi connectivity index (χ0) is 13.4. The van der Waals surface area contributed by atoms with E-state index < -0.39 is 0 Å². The minimum atomic E-state index is -0.313. The average molecular weight is 270 g/mol. The van der Waals surface area contributed by atoms with Gasteiger partial charge in [-0.05, 0) is 42.7 Å². The summed E-state index contributed by atoms with van der Waals surface area (Å²) in [6.45, 7) is 4.48. The molecule has 0 aromatic heterocycles. The van der Waals surface area contributed by atoms with Gasteiger partial charge in [0.05, 0.1) is 5.02 Å². The summed E-state index contributed by atoms with van der Waals surface area (Å²) in [5.41, 5.74) is 7.07. The molecule has 1 aliphatic carbocycles. The fourth-order valence-electron chi connectivity index (χ4n) is 3.26. The number of rotatable bonds is 2. The minimum Gasteiger partial charge on any atom is -0.325 e. The normalized spacial score (nSPS) is 27.2. The van der Waals surface area contributed by atoms with Gasteiger partial charge in [-0.25, -0.2) is 4.39 Å². The van der Waals surface area contributed by atoms with Crippen molar-refractivity contribution in [3.05, 3.63) is 34.6 Å². The standard InChI is InChI=1S/C15H21ClFN/c1-14(2)7-4-8-15(18,10-14)9-11-5-3-6-12(16)13(11)17/h3,5-6H,4,7-10,18H2,1-2H3. The Balaban J connectivity index is 2.20. The topological polar surface area (TPSA) is 26.0 Å². The SMILES string of the molecule is CC1(C)CCCC(N)(Cc2cccc(Cl)c2F)C1. The predicted molar refractivity (Wildman–Crippen MR) is 74.3 cm³/mol. The van der Waals surface area contributed by atoms with Crippen LogP contribution in [0.5, 0.6) is 0 Å². The number of hydrogen-bond donors (Lipinski definition) is 1. The van der Waals surface area contributed by atoms with Crippen molar-refractivity contribution < 1.29 is 4.39 Å². The quantitative estimate of drug-likeness (QED) is 0.850. The summed E-state index contributed by atoms with van der Waals surface area (Å²) in [7, 11) is 0. The molecule has 2 rings (SSSR count). The molecule has 1 unspecified atom stereocenters. The van der Waals surface area contributed by atoms with Gasteiger partial charge in [0, 0.05) is 5.54 Å². The third-order valence-electron chi connectivity index (χ3n) is 3.93. The van der Waals surface area contributed by atoms with Gasteiger partial charge in [0.1, 0.15) is 5.82 Å². The van der Waals surface area contributed by atoms with Gasteiger partial charge < -0.3 is 5.73 Å². The highest BCUT2D eigenvalue weighted by Gasteiger charge is 2.37. The first-order valence-corrected chi connectivity index (χ1v) is 6.91. The smallest absolute Gasteiger partial charge is 0.145 e. The largest absolute Gasteiger partial charge is 0.325 e. The van der Waals surface area contributed by atoms with Crippen LogP contribution < -0.4 is 5.73 Å². The van der Waals surface area contributed by atoms with E-state index in [-0.39, 0.29) is 21.8 Å². The lowest BCUT2D eigenvalue weighted by Gasteiger charge is -2.42. The Hall–Kier alpha value is -0.600. The van der Waals surface area contributed by atoms with Gasteiger partial charge in [0.15, 0.2) is 0 Å². The number of nitrogens with two attached hydrogens (primary N) is 1. The summed E-state index contributed by atoms with van der Waals surface area (Å²) in [5.74, 6) is -0.313. The van der Waals surface area contributed by atoms with Crippen molar-refractivity contribution in [2.45, 2.75) is 51.5 Å². The minimum absolute atomic E-state index is 0.186. The van der Waals surface area contributed by atoms with E-state index in [1.165, 1.54) is 6.42 Å². The Morgan fingerprint density at radius 2 is 2.06 bits per heavy atom. The van der Waals surface area contributed by atoms with Crippen molar-refractivity contribution in [3.63, 3.8) is 0 Å². The molecule has 1 saturated carbocycles. The predicted octanol–water partition coefficient (Wildman–Crippen LogP) is 4.32. The molecule has 1 fully saturated rings. The second kappa shape index (κ2) is 4.82. The second-order valence-electron chi connectivity index (χ2n) is 6.45. The van der Waals surface area contributed by atoms with Gasteiger partial charge >= 0.3 is 0 Å². The van der Waals surface area contributed by atoms with Crippen molar-refractivity contribution in [2.24, 2.45) is 11.1 Å². The molecular weight excluding hydrogens is 249 g/mol. The molecule has 3 heteroatoms. The zero-order valence-electron chi connectivity index (χ0n) is 11.1. The molecule has 1 nitrogen and oxygen atoms in total. The number of benzene rings is 1. The molecule has 0 radical (unpaired) electrons. The van der Waals surface area contributed by atoms with E-state index in [9.17, 15) is 4.39 Å². The highest BCUT2D eigenvalue weighted by atomic mass is 35.5. The first kappa shape index (κ1) is 13.8. The molecule has 1 aromatic carbocycles. The Morgan fingerprint density at radius 1 is 1.33 bits per heavy atom. The molecule has 18 heavy (non-hydrogen) atoms. The third kappa shape index (κ3) is 3.04. The van der Waals surface area contributed by atoms with Crippen LogP contribution >= 0.6 is 11.6 Å². The van der Waals surface area contributed by atoms with Crippen LogP contribution in [0.15, 0.2) is 18.2 Å². The Morgan fingerprint density at radius 3 is 2.72 bits per heavy atom. The Bertz CT molecular complexity index is 444. The van der Waals surface area contributed by atoms with Crippen LogP contribution in [0.3, 0.4) is 0 Å². The van der Waals surface area contributed by atoms with Crippen LogP contribution in [0.25, 0.3) is 0 Å². The van der Waals surface area contributed by atoms with Crippen molar-refractivity contribution >= 4 is 11.6 Å². The molecule has 0 bridgehead atoms. The summed E-state index contributed by atoms with van der Waals surface area (Å²) in [4.78, 5) is 0. The van der Waals surface area contributed by atoms with Crippen LogP contribution in [0.4, 0.5) is 4.39 Å². The highest BCUT2D eigenvalue weighted by Crippen LogP contribution is 2.41. The van der Waals surface area contributed by atoms with Crippen molar-refractivity contribution in [2.75, 3.05) is 0 Å². The number of hydrogen-bond acceptors (Lipinski definition) is 1. The van der Waals surface area contributed by atoms with Gasteiger partial charge in [-0.2, -0.15) is 0 Å². The first-order chi connectivity index (χ1) is 8.31. The van der Waals surface area contributed by atoms with E-state index in [1.54, 1.807) is 18.2 Å². The zero-order valence-corrected chi connectivity index (χ0v) is 11.9. The molecule has 1 aromatic rings. The second-order valence-corrected chi connectivity index (χ2v) is 6.85. The summed E-state index contributed by atoms with van der Waals surface area (Å²) < 4.78 is 13.9. The van der Waals surface area contributed by atoms with Crippen molar-refractivity contribution in [1.82, 2.24) is 0 Å². The van der Waals surface area contributed by atoms with E-state index in [2.05, 4.69) is 13.8 Å². The van der Waals surface area contributed by atoms with Crippen LogP contribution in [-0.4, -0.2) is 5.54 Å². The van der Waals surface area contributed by atoms with Crippen LogP contribution in [-0.2, 0) is 6.42 Å². The fourth-order valence-corrected chi connectivity index (χ4v) is 3.46. The van der Waals surface area contributed by atoms with E-state index in [4.69, 9.17) is 17.3 Å². The lowest BCUT2D eigenvalue weighted by Crippen LogP contribution is -2.48. The first-order valence-electron chi connectivity index (χ1n) is 6.53. The lowest BCUT2D eigenvalue weighted by molar-refractivity contribution is 0.150. The molecule has 0 amide bonds. The fraction of sp³-hybridized carbons (Fsp3) is 0.600. The van der Waals surface area contributed by atoms with Gasteiger partial charge in [-0.1, -0.05) is 44.0 Å². The summed E-state index contributed by atoms with van der Waals surface area (Å²) in [5, 5.41) is 0.186. The van der Waals surface area contributed by atoms with Crippen molar-refractivity contribution in [3.8, 4) is 0 Å². The van der Waals surface area contributed by atoms with E-state index in [0.717, 1.165) is 19.3 Å². The monoisotopic (exact) mass is 269 g/mol. The molecule has 0 spiro atoms. The van der Waals surface area contributed by atoms with Gasteiger partial charge in [-0.3, -0.25) is 0 Å². The molecule has 0 heterocycles. The van der Waals surface area contributed by atoms with E-state index in [0.29, 0.717) is 12.0 Å². The molecule has 0 saturated heterocycles. The molecule has 1 atom stereocenters. The summed E-state index contributed by atoms with van der Waals surface area (Å²) >= 11 is 5.82. The molecule has 1 aliphatic rings. The van der Waals surface area contributed by atoms with Gasteiger partial charge in [0.25, 0.3) is 0 Å². The average Bonchev–Trinajstić information content (AvgIpc) is 2.22. The maximum Gasteiger partial charge on any atom is 0.145 e. The maximum atomic E-state index is 13.9. The van der Waals surface area contributed by atoms with Crippen molar-refractivity contribution in [1.29, 1.82) is 0 Å². The van der Waals surface area contributed by atoms with E-state index in [1.807, 2.05) is 0 Å². The number of halogens is 2. The van der Waals surface area contributed by atoms with Crippen LogP contribution in [0, 0.1) is 11.2 Å². The molecular formula is C15H21ClFN. The lowest BCUT2D eigenvalue weighted by atomic mass is 9.66. The molecule has 0 aliphatic heterocycles. The van der Waals surface area contributed by atoms with Gasteiger partial charge in [0.2, 0.25) is 0 Å². The van der Waals surface area contributed by atoms with Crippen LogP contribution in [0.1, 0.15) is 45.1 Å². The van der Waals surface area contributed by atoms with Crippen LogP contribution in [0.2, 0.25) is 5.02 Å². The van der Waals surface area contributed by atoms with Gasteiger partial charge in [-0.15, -0.1) is 0 Å². The summed E-state index contributed by atoms with van der Waals surface area (Å²) in [6, 6.07) is 5.16. The highest BCUT2D eigenvalue weighted by molar-refractivity contribution is 6.30. The Kier molecular flexibility index (Phi) is 3.70. The van der Waals surface area contributed by atoms with E-state index >= 15 is 0 Å². The maximum absolute atomic E-state index is 13.9. The molecule has 100 valence electrons. The Labute approximate surface area is 114 Å².